The fourth-order valence-electron chi connectivity index (χ4n) is 9.02. The van der Waals surface area contributed by atoms with E-state index in [1.807, 2.05) is 36.6 Å². The molecule has 368 valence electrons. The third-order valence-corrected chi connectivity index (χ3v) is 12.8. The number of carbonyl (C=O) groups is 3. The van der Waals surface area contributed by atoms with Crippen molar-refractivity contribution < 1.29 is 28.6 Å². The molecule has 3 fully saturated rings. The number of fused-ring (bicyclic) bond motifs is 2. The van der Waals surface area contributed by atoms with Gasteiger partial charge in [-0.3, -0.25) is 34.1 Å². The van der Waals surface area contributed by atoms with Crippen LogP contribution in [0, 0.1) is 0 Å². The van der Waals surface area contributed by atoms with Crippen LogP contribution in [0.4, 0.5) is 11.6 Å². The van der Waals surface area contributed by atoms with Crippen LogP contribution in [0.15, 0.2) is 84.4 Å². The van der Waals surface area contributed by atoms with Gasteiger partial charge in [-0.05, 0) is 23.6 Å². The first-order chi connectivity index (χ1) is 34.7. The number of hydrogen-bond donors (Lipinski definition) is 2. The molecule has 71 heavy (non-hydrogen) atoms. The van der Waals surface area contributed by atoms with Crippen LogP contribution in [0.25, 0.3) is 44.5 Å². The van der Waals surface area contributed by atoms with Gasteiger partial charge in [0.05, 0.1) is 81.8 Å². The fourth-order valence-corrected chi connectivity index (χ4v) is 9.02. The molecule has 8 heterocycles. The molecule has 3 aliphatic rings. The lowest BCUT2D eigenvalue weighted by atomic mass is 10.1. The summed E-state index contributed by atoms with van der Waals surface area (Å²) in [6, 6.07) is 13.0. The Bertz CT molecular complexity index is 3060. The Kier molecular flexibility index (Phi) is 14.3. The number of rotatable bonds is 18. The predicted octanol–water partition coefficient (Wildman–Crippen LogP) is 1.85. The lowest BCUT2D eigenvalue weighted by Crippen LogP contribution is -2.48. The molecule has 2 aromatic carbocycles. The Morgan fingerprint density at radius 2 is 1.68 bits per heavy atom. The summed E-state index contributed by atoms with van der Waals surface area (Å²) in [5.41, 5.74) is 5.96. The van der Waals surface area contributed by atoms with Crippen LogP contribution in [0.1, 0.15) is 30.9 Å². The predicted molar refractivity (Wildman–Crippen MR) is 259 cm³/mol. The number of morpholine rings is 1. The smallest absolute Gasteiger partial charge is 0.277 e. The lowest BCUT2D eigenvalue weighted by molar-refractivity contribution is -0.136. The zero-order valence-corrected chi connectivity index (χ0v) is 39.3. The molecule has 5 aromatic heterocycles. The SMILES string of the molecule is Cn1cc(-c2cnc3c(nnn3C[C@@H]3CN(c4ncc(-c5ccc(CN6CCN(C(=O)CCOCCOCCNc7cccc8cnn(C9CCC(=O)NC9=O)c(=O)c78)CC6)cc5)cn4)CCO3)n2)cn1. The van der Waals surface area contributed by atoms with Crippen LogP contribution in [-0.4, -0.2) is 167 Å². The van der Waals surface area contributed by atoms with Gasteiger partial charge in [0, 0.05) is 107 Å². The summed E-state index contributed by atoms with van der Waals surface area (Å²) in [6.45, 7) is 7.76. The molecule has 0 saturated carbocycles. The Balaban J connectivity index is 0.605. The molecule has 2 atom stereocenters. The fraction of sp³-hybridized carbons (Fsp3) is 0.417. The molecule has 1 unspecified atom stereocenters. The number of hydrogen-bond acceptors (Lipinski definition) is 18. The van der Waals surface area contributed by atoms with Gasteiger partial charge in [0.25, 0.3) is 11.5 Å². The van der Waals surface area contributed by atoms with Crippen LogP contribution in [0.3, 0.4) is 0 Å². The highest BCUT2D eigenvalue weighted by molar-refractivity contribution is 5.99. The summed E-state index contributed by atoms with van der Waals surface area (Å²) in [4.78, 5) is 75.5. The number of piperazine rings is 1. The van der Waals surface area contributed by atoms with Crippen molar-refractivity contribution in [3.8, 4) is 22.4 Å². The quantitative estimate of drug-likeness (QED) is 0.0920. The second kappa shape index (κ2) is 21.6. The van der Waals surface area contributed by atoms with Crippen molar-refractivity contribution in [2.75, 3.05) is 89.1 Å². The number of aryl methyl sites for hydroxylation is 1. The lowest BCUT2D eigenvalue weighted by Gasteiger charge is -2.34. The van der Waals surface area contributed by atoms with Crippen molar-refractivity contribution in [2.45, 2.75) is 44.5 Å². The second-order valence-corrected chi connectivity index (χ2v) is 17.7. The summed E-state index contributed by atoms with van der Waals surface area (Å²) < 4.78 is 22.1. The zero-order chi connectivity index (χ0) is 48.7. The largest absolute Gasteiger partial charge is 0.382 e. The Morgan fingerprint density at radius 3 is 2.46 bits per heavy atom. The van der Waals surface area contributed by atoms with Gasteiger partial charge in [-0.2, -0.15) is 10.2 Å². The van der Waals surface area contributed by atoms with Crippen LogP contribution >= 0.6 is 0 Å². The number of carbonyl (C=O) groups excluding carboxylic acids is 3. The van der Waals surface area contributed by atoms with E-state index in [4.69, 9.17) is 24.2 Å². The molecule has 3 saturated heterocycles. The monoisotopic (exact) mass is 966 g/mol. The van der Waals surface area contributed by atoms with E-state index in [2.05, 4.69) is 75.2 Å². The maximum absolute atomic E-state index is 13.4. The highest BCUT2D eigenvalue weighted by atomic mass is 16.5. The van der Waals surface area contributed by atoms with E-state index >= 15 is 0 Å². The summed E-state index contributed by atoms with van der Waals surface area (Å²) >= 11 is 0. The molecule has 3 amide bonds. The molecule has 2 N–H and O–H groups in total. The van der Waals surface area contributed by atoms with Crippen molar-refractivity contribution in [1.29, 1.82) is 0 Å². The van der Waals surface area contributed by atoms with E-state index in [1.54, 1.807) is 40.1 Å². The summed E-state index contributed by atoms with van der Waals surface area (Å²) in [5, 5.41) is 23.6. The van der Waals surface area contributed by atoms with Crippen LogP contribution < -0.4 is 21.1 Å². The van der Waals surface area contributed by atoms with E-state index in [9.17, 15) is 19.2 Å². The molecule has 0 radical (unpaired) electrons. The van der Waals surface area contributed by atoms with Gasteiger partial charge in [-0.15, -0.1) is 5.10 Å². The number of aromatic nitrogens is 11. The minimum absolute atomic E-state index is 0.0787. The minimum Gasteiger partial charge on any atom is -0.382 e. The summed E-state index contributed by atoms with van der Waals surface area (Å²) in [7, 11) is 1.85. The van der Waals surface area contributed by atoms with Gasteiger partial charge >= 0.3 is 0 Å². The van der Waals surface area contributed by atoms with Crippen LogP contribution in [0.5, 0.6) is 0 Å². The van der Waals surface area contributed by atoms with Gasteiger partial charge in [0.2, 0.25) is 23.4 Å². The molecular formula is C48H54N16O7. The van der Waals surface area contributed by atoms with Crippen LogP contribution in [-0.2, 0) is 48.7 Å². The minimum atomic E-state index is -0.844. The second-order valence-electron chi connectivity index (χ2n) is 17.7. The van der Waals surface area contributed by atoms with Crippen molar-refractivity contribution in [3.05, 3.63) is 95.6 Å². The number of benzene rings is 2. The number of ether oxygens (including phenoxy) is 3. The van der Waals surface area contributed by atoms with Crippen molar-refractivity contribution in [1.82, 2.24) is 69.6 Å². The number of anilines is 2. The van der Waals surface area contributed by atoms with E-state index in [0.717, 1.165) is 41.0 Å². The molecule has 0 bridgehead atoms. The Morgan fingerprint density at radius 1 is 0.859 bits per heavy atom. The van der Waals surface area contributed by atoms with Crippen molar-refractivity contribution >= 4 is 51.4 Å². The zero-order valence-electron chi connectivity index (χ0n) is 39.3. The van der Waals surface area contributed by atoms with E-state index in [1.165, 1.54) is 5.56 Å². The maximum Gasteiger partial charge on any atom is 0.277 e. The standard InChI is InChI=1S/C48H54N16O7/c1-59-29-36(26-53-59)39-27-50-45-44(55-39)57-58-63(45)31-37-30-62(17-20-71-37)48-51-23-35(24-52-48)33-7-5-32(6-8-33)28-60-13-15-61(16-14-60)42(66)11-18-69-21-22-70-19-12-49-38-4-2-3-34-25-54-64(47(68)43(34)38)40-9-10-41(65)56-46(40)67/h2-8,23-27,29,37,40,49H,9-22,28,30-31H2,1H3,(H,56,65,67)/t37-,40?/m0/s1. The average molecular weight is 967 g/mol. The highest BCUT2D eigenvalue weighted by Crippen LogP contribution is 2.25. The molecule has 3 aliphatic heterocycles. The first kappa shape index (κ1) is 47.1. The third kappa shape index (κ3) is 11.1. The number of imide groups is 1. The summed E-state index contributed by atoms with van der Waals surface area (Å²) in [6.07, 6.45) is 11.1. The normalized spacial score (nSPS) is 17.8. The third-order valence-electron chi connectivity index (χ3n) is 12.8. The van der Waals surface area contributed by atoms with Gasteiger partial charge < -0.3 is 29.3 Å². The first-order valence-electron chi connectivity index (χ1n) is 23.8. The van der Waals surface area contributed by atoms with E-state index < -0.39 is 17.5 Å². The average Bonchev–Trinajstić information content (AvgIpc) is 4.02. The number of nitrogens with one attached hydrogen (secondary N) is 2. The van der Waals surface area contributed by atoms with Crippen LogP contribution in [0.2, 0.25) is 0 Å². The van der Waals surface area contributed by atoms with Crippen molar-refractivity contribution in [3.63, 3.8) is 0 Å². The maximum atomic E-state index is 13.4. The first-order valence-corrected chi connectivity index (χ1v) is 23.8. The Labute approximate surface area is 407 Å². The molecular weight excluding hydrogens is 913 g/mol. The molecule has 23 nitrogen and oxygen atoms in total. The highest BCUT2D eigenvalue weighted by Gasteiger charge is 2.31. The number of amides is 3. The van der Waals surface area contributed by atoms with Gasteiger partial charge in [0.1, 0.15) is 6.04 Å². The van der Waals surface area contributed by atoms with E-state index in [0.29, 0.717) is 118 Å². The number of nitrogens with zero attached hydrogens (tertiary/aromatic N) is 14. The van der Waals surface area contributed by atoms with Crippen molar-refractivity contribution in [2.24, 2.45) is 7.05 Å². The molecule has 7 aromatic rings. The summed E-state index contributed by atoms with van der Waals surface area (Å²) in [5.74, 6) is -0.166. The Hall–Kier alpha value is -7.60. The van der Waals surface area contributed by atoms with Gasteiger partial charge in [-0.25, -0.2) is 29.3 Å². The number of piperidine rings is 1. The van der Waals surface area contributed by atoms with Gasteiger partial charge in [-0.1, -0.05) is 41.6 Å². The topological polar surface area (TPSA) is 248 Å². The molecule has 0 spiro atoms. The molecule has 10 rings (SSSR count). The molecule has 0 aliphatic carbocycles. The van der Waals surface area contributed by atoms with Gasteiger partial charge in [0.15, 0.2) is 5.65 Å². The molecule has 23 heteroatoms. The van der Waals surface area contributed by atoms with E-state index in [-0.39, 0.29) is 30.8 Å².